The molecule has 0 fully saturated rings. The van der Waals surface area contributed by atoms with E-state index in [0.717, 1.165) is 6.92 Å². The van der Waals surface area contributed by atoms with Crippen LogP contribution in [0, 0.1) is 22.7 Å². The Morgan fingerprint density at radius 3 is 2.17 bits per heavy atom. The molecule has 0 saturated carbocycles. The number of benzene rings is 2. The normalized spacial score (nSPS) is 27.3. The summed E-state index contributed by atoms with van der Waals surface area (Å²) in [7, 11) is 0. The molecule has 4 N–H and O–H groups in total. The van der Waals surface area contributed by atoms with E-state index in [1.54, 1.807) is 58.0 Å². The largest absolute Gasteiger partial charge is 0.511 e. The number of hydrogen-bond acceptors (Lipinski definition) is 10. The van der Waals surface area contributed by atoms with Crippen LogP contribution in [0.3, 0.4) is 0 Å². The minimum Gasteiger partial charge on any atom is -0.511 e. The lowest BCUT2D eigenvalue weighted by Gasteiger charge is -2.59. The number of esters is 1. The average Bonchev–Trinajstić information content (AvgIpc) is 2.94. The standard InChI is InChI=1S/C36H38O10/c1-17(2)28-30(41)26(18(3)37)32(43)36(45)33(44)29-31(42)27-24(14-34(29,5)16-35(28,36)6)23(11-12-25(27)40)21-9-7-20(8-10-21)13-22(39)15-46-19(4)38/h7-12,17,28,40-41,44-45H,13-16H2,1-6H3/t28?,34-,35-,36+/m1/s1. The second kappa shape index (κ2) is 11.0. The number of allylic oxidation sites excluding steroid dienone is 2. The second-order valence-electron chi connectivity index (χ2n) is 13.6. The zero-order chi connectivity index (χ0) is 34.1. The van der Waals surface area contributed by atoms with Crippen molar-refractivity contribution in [2.75, 3.05) is 6.61 Å². The molecular weight excluding hydrogens is 592 g/mol. The lowest BCUT2D eigenvalue weighted by atomic mass is 9.44. The summed E-state index contributed by atoms with van der Waals surface area (Å²) < 4.78 is 4.77. The van der Waals surface area contributed by atoms with Gasteiger partial charge in [-0.1, -0.05) is 58.0 Å². The van der Waals surface area contributed by atoms with Crippen LogP contribution in [0.15, 0.2) is 59.1 Å². The van der Waals surface area contributed by atoms with Gasteiger partial charge in [0.25, 0.3) is 0 Å². The first-order valence-electron chi connectivity index (χ1n) is 15.2. The number of aliphatic hydroxyl groups excluding tert-OH is 2. The van der Waals surface area contributed by atoms with Gasteiger partial charge in [-0.2, -0.15) is 0 Å². The first kappa shape index (κ1) is 32.8. The Labute approximate surface area is 266 Å². The van der Waals surface area contributed by atoms with Crippen molar-refractivity contribution in [1.29, 1.82) is 0 Å². The molecule has 10 nitrogen and oxygen atoms in total. The predicted molar refractivity (Wildman–Crippen MR) is 166 cm³/mol. The number of phenolic OH excluding ortho intramolecular Hbond substituents is 1. The van der Waals surface area contributed by atoms with Gasteiger partial charge in [-0.3, -0.25) is 24.0 Å². The fourth-order valence-corrected chi connectivity index (χ4v) is 8.27. The van der Waals surface area contributed by atoms with E-state index in [1.165, 1.54) is 13.0 Å². The van der Waals surface area contributed by atoms with Crippen molar-refractivity contribution < 1.29 is 49.1 Å². The number of hydrogen-bond donors (Lipinski definition) is 4. The highest BCUT2D eigenvalue weighted by molar-refractivity contribution is 6.25. The van der Waals surface area contributed by atoms with E-state index in [-0.39, 0.29) is 54.5 Å². The molecule has 5 rings (SSSR count). The van der Waals surface area contributed by atoms with Gasteiger partial charge in [0.05, 0.1) is 5.56 Å². The Morgan fingerprint density at radius 1 is 0.978 bits per heavy atom. The van der Waals surface area contributed by atoms with Gasteiger partial charge in [0, 0.05) is 35.7 Å². The lowest BCUT2D eigenvalue weighted by Crippen LogP contribution is -2.67. The Morgan fingerprint density at radius 2 is 1.61 bits per heavy atom. The van der Waals surface area contributed by atoms with Crippen LogP contribution in [0.2, 0.25) is 0 Å². The molecule has 3 aliphatic rings. The van der Waals surface area contributed by atoms with Crippen LogP contribution in [0.4, 0.5) is 0 Å². The summed E-state index contributed by atoms with van der Waals surface area (Å²) in [4.78, 5) is 63.9. The van der Waals surface area contributed by atoms with Crippen molar-refractivity contribution in [2.45, 2.75) is 66.4 Å². The summed E-state index contributed by atoms with van der Waals surface area (Å²) in [6.45, 7) is 8.90. The fraction of sp³-hybridized carbons (Fsp3) is 0.417. The monoisotopic (exact) mass is 630 g/mol. The SMILES string of the molecule is CC(=O)OCC(=O)Cc1ccc(-c2ccc(O)c3c2C[C@]2(C)C[C@]4(C)C(C(C)C)C(O)=C(C(C)=O)C(=O)[C@]4(O)C(O)=C2C3=O)cc1. The van der Waals surface area contributed by atoms with Crippen molar-refractivity contribution >= 4 is 29.1 Å². The summed E-state index contributed by atoms with van der Waals surface area (Å²) in [5, 5.41) is 46.2. The number of carbonyl (C=O) groups is 5. The zero-order valence-corrected chi connectivity index (χ0v) is 26.7. The second-order valence-corrected chi connectivity index (χ2v) is 13.6. The topological polar surface area (TPSA) is 175 Å². The maximum absolute atomic E-state index is 14.3. The molecule has 46 heavy (non-hydrogen) atoms. The van der Waals surface area contributed by atoms with Gasteiger partial charge in [-0.15, -0.1) is 0 Å². The number of phenols is 1. The molecule has 0 bridgehead atoms. The van der Waals surface area contributed by atoms with Crippen LogP contribution < -0.4 is 0 Å². The van der Waals surface area contributed by atoms with Crippen LogP contribution >= 0.6 is 0 Å². The molecule has 1 unspecified atom stereocenters. The average molecular weight is 631 g/mol. The number of ketones is 4. The molecule has 3 aliphatic carbocycles. The summed E-state index contributed by atoms with van der Waals surface area (Å²) in [6.07, 6.45) is 0.174. The molecule has 4 atom stereocenters. The van der Waals surface area contributed by atoms with Gasteiger partial charge < -0.3 is 25.2 Å². The van der Waals surface area contributed by atoms with Crippen LogP contribution in [0.1, 0.15) is 69.4 Å². The van der Waals surface area contributed by atoms with Crippen LogP contribution in [-0.2, 0) is 36.8 Å². The molecule has 0 aromatic heterocycles. The Kier molecular flexibility index (Phi) is 7.88. The quantitative estimate of drug-likeness (QED) is 0.248. The highest BCUT2D eigenvalue weighted by atomic mass is 16.5. The lowest BCUT2D eigenvalue weighted by molar-refractivity contribution is -0.171. The third kappa shape index (κ3) is 4.69. The maximum atomic E-state index is 14.3. The molecular formula is C36H38O10. The third-order valence-electron chi connectivity index (χ3n) is 9.99. The number of Topliss-reactive ketones (excluding diaryl/α,β-unsaturated/α-hetero) is 4. The van der Waals surface area contributed by atoms with E-state index < -0.39 is 62.8 Å². The Hall–Kier alpha value is -4.57. The molecule has 0 heterocycles. The number of aliphatic hydroxyl groups is 3. The fourth-order valence-electron chi connectivity index (χ4n) is 8.27. The smallest absolute Gasteiger partial charge is 0.303 e. The van der Waals surface area contributed by atoms with Gasteiger partial charge in [0.1, 0.15) is 29.4 Å². The van der Waals surface area contributed by atoms with Gasteiger partial charge in [0.2, 0.25) is 5.78 Å². The highest BCUT2D eigenvalue weighted by Crippen LogP contribution is 2.65. The van der Waals surface area contributed by atoms with Gasteiger partial charge in [-0.05, 0) is 54.0 Å². The van der Waals surface area contributed by atoms with E-state index >= 15 is 0 Å². The van der Waals surface area contributed by atoms with Crippen LogP contribution in [0.5, 0.6) is 5.75 Å². The first-order valence-corrected chi connectivity index (χ1v) is 15.2. The minimum absolute atomic E-state index is 0.0105. The predicted octanol–water partition coefficient (Wildman–Crippen LogP) is 4.69. The van der Waals surface area contributed by atoms with Gasteiger partial charge in [0.15, 0.2) is 23.0 Å². The van der Waals surface area contributed by atoms with Crippen molar-refractivity contribution in [3.63, 3.8) is 0 Å². The van der Waals surface area contributed by atoms with E-state index in [2.05, 4.69) is 0 Å². The highest BCUT2D eigenvalue weighted by Gasteiger charge is 2.71. The minimum atomic E-state index is -2.67. The van der Waals surface area contributed by atoms with Crippen molar-refractivity contribution in [3.8, 4) is 16.9 Å². The Balaban J connectivity index is 1.63. The molecule has 2 aromatic carbocycles. The Bertz CT molecular complexity index is 1780. The van der Waals surface area contributed by atoms with Gasteiger partial charge in [-0.25, -0.2) is 0 Å². The molecule has 2 aromatic rings. The molecule has 242 valence electrons. The number of rotatable bonds is 7. The molecule has 0 saturated heterocycles. The number of carbonyl (C=O) groups excluding carboxylic acids is 5. The van der Waals surface area contributed by atoms with E-state index in [1.807, 2.05) is 0 Å². The maximum Gasteiger partial charge on any atom is 0.303 e. The summed E-state index contributed by atoms with van der Waals surface area (Å²) in [6, 6.07) is 10.1. The molecule has 0 aliphatic heterocycles. The van der Waals surface area contributed by atoms with Gasteiger partial charge >= 0.3 is 5.97 Å². The first-order chi connectivity index (χ1) is 21.4. The summed E-state index contributed by atoms with van der Waals surface area (Å²) >= 11 is 0. The number of aromatic hydroxyl groups is 1. The van der Waals surface area contributed by atoms with Crippen molar-refractivity contribution in [3.05, 3.63) is 75.8 Å². The number of ether oxygens (including phenoxy) is 1. The van der Waals surface area contributed by atoms with E-state index in [0.29, 0.717) is 22.3 Å². The van der Waals surface area contributed by atoms with Crippen molar-refractivity contribution in [2.24, 2.45) is 22.7 Å². The van der Waals surface area contributed by atoms with Crippen LogP contribution in [0.25, 0.3) is 11.1 Å². The summed E-state index contributed by atoms with van der Waals surface area (Å²) in [5.41, 5.74) is -3.71. The summed E-state index contributed by atoms with van der Waals surface area (Å²) in [5.74, 6) is -6.42. The third-order valence-corrected chi connectivity index (χ3v) is 9.99. The molecule has 0 spiro atoms. The zero-order valence-electron chi connectivity index (χ0n) is 26.7. The molecule has 0 radical (unpaired) electrons. The number of fused-ring (bicyclic) bond motifs is 3. The van der Waals surface area contributed by atoms with Crippen LogP contribution in [-0.4, -0.2) is 61.7 Å². The van der Waals surface area contributed by atoms with Crippen molar-refractivity contribution in [1.82, 2.24) is 0 Å². The van der Waals surface area contributed by atoms with E-state index in [4.69, 9.17) is 4.74 Å². The van der Waals surface area contributed by atoms with E-state index in [9.17, 15) is 44.4 Å². The molecule has 0 amide bonds. The molecule has 10 heteroatoms.